The highest BCUT2D eigenvalue weighted by Gasteiger charge is 1.81. The second-order valence-corrected chi connectivity index (χ2v) is 2.10. The van der Waals surface area contributed by atoms with E-state index in [1.807, 2.05) is 14.1 Å². The molecule has 0 saturated heterocycles. The summed E-state index contributed by atoms with van der Waals surface area (Å²) in [6.07, 6.45) is 2.75. The van der Waals surface area contributed by atoms with Gasteiger partial charge in [-0.3, -0.25) is 0 Å². The molecule has 0 radical (unpaired) electrons. The third-order valence-corrected chi connectivity index (χ3v) is 0.925. The summed E-state index contributed by atoms with van der Waals surface area (Å²) in [5, 5.41) is 5.75. The smallest absolute Gasteiger partial charge is 0.0496 e. The van der Waals surface area contributed by atoms with Crippen molar-refractivity contribution in [3.05, 3.63) is 12.2 Å². The molecule has 0 fully saturated rings. The Hall–Kier alpha value is -0.790. The van der Waals surface area contributed by atoms with E-state index < -0.39 is 0 Å². The molecular weight excluding hydrogens is 112 g/mol. The first-order valence-corrected chi connectivity index (χ1v) is 3.06. The van der Waals surface area contributed by atoms with E-state index in [2.05, 4.69) is 18.6 Å². The van der Waals surface area contributed by atoms with E-state index in [-0.39, 0.29) is 0 Å². The predicted molar refractivity (Wildman–Crippen MR) is 41.6 cm³/mol. The second-order valence-electron chi connectivity index (χ2n) is 2.10. The van der Waals surface area contributed by atoms with Crippen LogP contribution in [-0.4, -0.2) is 25.3 Å². The Balaban J connectivity index is 3.57. The fourth-order valence-electron chi connectivity index (χ4n) is 0.288. The number of hydrogen-bond acceptors (Lipinski definition) is 2. The van der Waals surface area contributed by atoms with Crippen molar-refractivity contribution in [2.75, 3.05) is 14.1 Å². The third-order valence-electron chi connectivity index (χ3n) is 0.925. The van der Waals surface area contributed by atoms with E-state index in [0.29, 0.717) is 0 Å². The van der Waals surface area contributed by atoms with Gasteiger partial charge in [-0.2, -0.15) is 5.10 Å². The Labute approximate surface area is 56.9 Å². The van der Waals surface area contributed by atoms with Crippen molar-refractivity contribution in [3.63, 3.8) is 0 Å². The van der Waals surface area contributed by atoms with Gasteiger partial charge in [0, 0.05) is 20.3 Å². The summed E-state index contributed by atoms with van der Waals surface area (Å²) in [5.74, 6) is 0. The maximum Gasteiger partial charge on any atom is 0.0496 e. The largest absolute Gasteiger partial charge is 0.303 e. The summed E-state index contributed by atoms with van der Waals surface area (Å²) in [7, 11) is 3.78. The summed E-state index contributed by atoms with van der Waals surface area (Å²) in [4.78, 5) is 0. The minimum absolute atomic E-state index is 0.970. The highest BCUT2D eigenvalue weighted by atomic mass is 15.4. The molecule has 0 bridgehead atoms. The highest BCUT2D eigenvalue weighted by molar-refractivity contribution is 5.77. The SMILES string of the molecule is C=C(/C=N/N(C)C)CC. The Morgan fingerprint density at radius 1 is 1.67 bits per heavy atom. The highest BCUT2D eigenvalue weighted by Crippen LogP contribution is 1.90. The maximum absolute atomic E-state index is 4.00. The molecule has 2 nitrogen and oxygen atoms in total. The van der Waals surface area contributed by atoms with E-state index in [4.69, 9.17) is 0 Å². The van der Waals surface area contributed by atoms with Crippen molar-refractivity contribution in [1.82, 2.24) is 5.01 Å². The van der Waals surface area contributed by atoms with Gasteiger partial charge in [0.05, 0.1) is 0 Å². The van der Waals surface area contributed by atoms with E-state index in [1.165, 1.54) is 0 Å². The molecule has 0 amide bonds. The summed E-state index contributed by atoms with van der Waals surface area (Å²) in [6, 6.07) is 0. The van der Waals surface area contributed by atoms with Crippen LogP contribution in [0.5, 0.6) is 0 Å². The standard InChI is InChI=1S/C7H14N2/c1-5-7(2)6-8-9(3)4/h6H,2,5H2,1,3-4H3/b8-6+. The zero-order chi connectivity index (χ0) is 7.28. The number of rotatable bonds is 3. The molecule has 52 valence electrons. The van der Waals surface area contributed by atoms with Crippen molar-refractivity contribution in [2.24, 2.45) is 5.10 Å². The van der Waals surface area contributed by atoms with Gasteiger partial charge in [-0.25, -0.2) is 0 Å². The molecule has 0 aliphatic carbocycles. The predicted octanol–water partition coefficient (Wildman–Crippen LogP) is 1.50. The van der Waals surface area contributed by atoms with Gasteiger partial charge in [-0.15, -0.1) is 0 Å². The van der Waals surface area contributed by atoms with E-state index in [0.717, 1.165) is 12.0 Å². The van der Waals surface area contributed by atoms with Crippen LogP contribution in [0.2, 0.25) is 0 Å². The first-order valence-electron chi connectivity index (χ1n) is 3.06. The molecule has 0 atom stereocenters. The zero-order valence-electron chi connectivity index (χ0n) is 6.39. The summed E-state index contributed by atoms with van der Waals surface area (Å²) in [6.45, 7) is 5.83. The van der Waals surface area contributed by atoms with Gasteiger partial charge >= 0.3 is 0 Å². The van der Waals surface area contributed by atoms with Gasteiger partial charge in [-0.05, 0) is 12.0 Å². The van der Waals surface area contributed by atoms with Crippen molar-refractivity contribution in [2.45, 2.75) is 13.3 Å². The van der Waals surface area contributed by atoms with Crippen molar-refractivity contribution < 1.29 is 0 Å². The van der Waals surface area contributed by atoms with Gasteiger partial charge in [0.2, 0.25) is 0 Å². The van der Waals surface area contributed by atoms with E-state index in [9.17, 15) is 0 Å². The number of allylic oxidation sites excluding steroid dienone is 1. The molecule has 0 aliphatic rings. The quantitative estimate of drug-likeness (QED) is 0.413. The lowest BCUT2D eigenvalue weighted by Crippen LogP contribution is -2.01. The average molecular weight is 126 g/mol. The van der Waals surface area contributed by atoms with Crippen molar-refractivity contribution in [3.8, 4) is 0 Å². The van der Waals surface area contributed by atoms with E-state index >= 15 is 0 Å². The van der Waals surface area contributed by atoms with Crippen LogP contribution in [0, 0.1) is 0 Å². The molecule has 2 heteroatoms. The van der Waals surface area contributed by atoms with Gasteiger partial charge in [-0.1, -0.05) is 13.5 Å². The van der Waals surface area contributed by atoms with E-state index in [1.54, 1.807) is 11.2 Å². The van der Waals surface area contributed by atoms with Crippen LogP contribution in [0.1, 0.15) is 13.3 Å². The molecule has 0 heterocycles. The van der Waals surface area contributed by atoms with Crippen LogP contribution in [0.25, 0.3) is 0 Å². The summed E-state index contributed by atoms with van der Waals surface area (Å²) < 4.78 is 0. The van der Waals surface area contributed by atoms with Crippen LogP contribution < -0.4 is 0 Å². The molecule has 0 unspecified atom stereocenters. The molecule has 9 heavy (non-hydrogen) atoms. The van der Waals surface area contributed by atoms with Gasteiger partial charge in [0.25, 0.3) is 0 Å². The molecule has 0 aliphatic heterocycles. The summed E-state index contributed by atoms with van der Waals surface area (Å²) >= 11 is 0. The molecule has 0 spiro atoms. The van der Waals surface area contributed by atoms with Crippen LogP contribution >= 0.6 is 0 Å². The number of hydrazone groups is 1. The van der Waals surface area contributed by atoms with Gasteiger partial charge in [0.15, 0.2) is 0 Å². The lowest BCUT2D eigenvalue weighted by molar-refractivity contribution is 0.440. The lowest BCUT2D eigenvalue weighted by atomic mass is 10.3. The fraction of sp³-hybridized carbons (Fsp3) is 0.571. The Kier molecular flexibility index (Phi) is 3.76. The van der Waals surface area contributed by atoms with Crippen LogP contribution in [0.4, 0.5) is 0 Å². The number of nitrogens with zero attached hydrogens (tertiary/aromatic N) is 2. The summed E-state index contributed by atoms with van der Waals surface area (Å²) in [5.41, 5.74) is 1.06. The Morgan fingerprint density at radius 3 is 2.56 bits per heavy atom. The first-order chi connectivity index (χ1) is 4.16. The van der Waals surface area contributed by atoms with Crippen LogP contribution in [0.15, 0.2) is 17.3 Å². The van der Waals surface area contributed by atoms with Crippen molar-refractivity contribution >= 4 is 6.21 Å². The molecule has 0 aromatic rings. The molecule has 0 N–H and O–H groups in total. The molecular formula is C7H14N2. The molecule has 0 aromatic carbocycles. The second kappa shape index (κ2) is 4.13. The minimum atomic E-state index is 0.970. The van der Waals surface area contributed by atoms with Gasteiger partial charge < -0.3 is 5.01 Å². The topological polar surface area (TPSA) is 15.6 Å². The first kappa shape index (κ1) is 8.21. The monoisotopic (exact) mass is 126 g/mol. The zero-order valence-corrected chi connectivity index (χ0v) is 6.39. The maximum atomic E-state index is 4.00. The fourth-order valence-corrected chi connectivity index (χ4v) is 0.288. The average Bonchev–Trinajstić information content (AvgIpc) is 1.83. The molecule has 0 aromatic heterocycles. The Bertz CT molecular complexity index is 114. The molecule has 0 saturated carbocycles. The third kappa shape index (κ3) is 5.07. The Morgan fingerprint density at radius 2 is 2.22 bits per heavy atom. The van der Waals surface area contributed by atoms with Gasteiger partial charge in [0.1, 0.15) is 0 Å². The number of hydrogen-bond donors (Lipinski definition) is 0. The molecule has 0 rings (SSSR count). The normalized spacial score (nSPS) is 10.1. The van der Waals surface area contributed by atoms with Crippen LogP contribution in [0.3, 0.4) is 0 Å². The lowest BCUT2D eigenvalue weighted by Gasteiger charge is -2.01. The van der Waals surface area contributed by atoms with Crippen LogP contribution in [-0.2, 0) is 0 Å². The minimum Gasteiger partial charge on any atom is -0.303 e. The van der Waals surface area contributed by atoms with Crippen molar-refractivity contribution in [1.29, 1.82) is 0 Å².